The van der Waals surface area contributed by atoms with Crippen molar-refractivity contribution in [3.8, 4) is 11.4 Å². The molecule has 0 saturated carbocycles. The summed E-state index contributed by atoms with van der Waals surface area (Å²) in [4.78, 5) is 3.53. The topological polar surface area (TPSA) is 75.7 Å². The van der Waals surface area contributed by atoms with Crippen molar-refractivity contribution < 1.29 is 26.0 Å². The van der Waals surface area contributed by atoms with E-state index in [9.17, 15) is 26.0 Å². The monoisotopic (exact) mass is 309 g/mol. The molecule has 0 spiro atoms. The maximum Gasteiger partial charge on any atom is 0.416 e. The van der Waals surface area contributed by atoms with Crippen LogP contribution in [0, 0.1) is 5.82 Å². The number of alkyl halides is 3. The molecule has 0 aliphatic carbocycles. The predicted octanol–water partition coefficient (Wildman–Crippen LogP) is 2.03. The van der Waals surface area contributed by atoms with Gasteiger partial charge in [-0.15, -0.1) is 0 Å². The second kappa shape index (κ2) is 4.54. The molecular formula is C10H7F4N3O2S. The van der Waals surface area contributed by atoms with Gasteiger partial charge in [-0.25, -0.2) is 17.9 Å². The summed E-state index contributed by atoms with van der Waals surface area (Å²) in [5.74, 6) is -1.46. The summed E-state index contributed by atoms with van der Waals surface area (Å²) in [5, 5.41) is 5.03. The first kappa shape index (κ1) is 14.4. The lowest BCUT2D eigenvalue weighted by Crippen LogP contribution is -2.05. The number of sulfone groups is 1. The SMILES string of the molecule is CS(=O)(=O)c1nc(-c2cc(F)cc(C(F)(F)F)c2)n[nH]1. The Bertz CT molecular complexity index is 752. The quantitative estimate of drug-likeness (QED) is 0.861. The highest BCUT2D eigenvalue weighted by Crippen LogP contribution is 2.32. The van der Waals surface area contributed by atoms with E-state index in [-0.39, 0.29) is 11.4 Å². The van der Waals surface area contributed by atoms with E-state index in [1.165, 1.54) is 0 Å². The molecule has 5 nitrogen and oxygen atoms in total. The van der Waals surface area contributed by atoms with Crippen LogP contribution in [0.25, 0.3) is 11.4 Å². The molecule has 20 heavy (non-hydrogen) atoms. The number of rotatable bonds is 2. The van der Waals surface area contributed by atoms with Crippen molar-refractivity contribution in [2.75, 3.05) is 6.26 Å². The summed E-state index contributed by atoms with van der Waals surface area (Å²) in [6, 6.07) is 1.75. The molecule has 0 aliphatic heterocycles. The summed E-state index contributed by atoms with van der Waals surface area (Å²) in [5.41, 5.74) is -1.48. The minimum atomic E-state index is -4.73. The number of nitrogens with one attached hydrogen (secondary N) is 1. The Balaban J connectivity index is 2.53. The molecule has 0 unspecified atom stereocenters. The number of H-pyrrole nitrogens is 1. The summed E-state index contributed by atoms with van der Waals surface area (Å²) in [6.45, 7) is 0. The maximum atomic E-state index is 13.2. The molecule has 2 rings (SSSR count). The van der Waals surface area contributed by atoms with Crippen molar-refractivity contribution in [3.05, 3.63) is 29.6 Å². The Morgan fingerprint density at radius 3 is 2.35 bits per heavy atom. The molecule has 0 atom stereocenters. The first-order valence-corrected chi connectivity index (χ1v) is 6.97. The highest BCUT2D eigenvalue weighted by molar-refractivity contribution is 7.90. The van der Waals surface area contributed by atoms with Crippen molar-refractivity contribution >= 4 is 9.84 Å². The third-order valence-corrected chi connectivity index (χ3v) is 3.18. The first-order valence-electron chi connectivity index (χ1n) is 5.08. The fourth-order valence-electron chi connectivity index (χ4n) is 1.42. The summed E-state index contributed by atoms with van der Waals surface area (Å²) in [6.07, 6.45) is -3.88. The van der Waals surface area contributed by atoms with E-state index < -0.39 is 32.6 Å². The molecule has 1 aromatic carbocycles. The highest BCUT2D eigenvalue weighted by Gasteiger charge is 2.31. The Labute approximate surface area is 110 Å². The zero-order valence-electron chi connectivity index (χ0n) is 9.86. The van der Waals surface area contributed by atoms with Gasteiger partial charge in [-0.3, -0.25) is 0 Å². The Morgan fingerprint density at radius 2 is 1.85 bits per heavy atom. The van der Waals surface area contributed by atoms with Gasteiger partial charge in [-0.2, -0.15) is 23.3 Å². The third kappa shape index (κ3) is 2.95. The van der Waals surface area contributed by atoms with Gasteiger partial charge >= 0.3 is 6.18 Å². The second-order valence-corrected chi connectivity index (χ2v) is 5.89. The number of aromatic amines is 1. The van der Waals surface area contributed by atoms with Crippen LogP contribution in [0.5, 0.6) is 0 Å². The van der Waals surface area contributed by atoms with Crippen LogP contribution in [0.2, 0.25) is 0 Å². The van der Waals surface area contributed by atoms with Crippen molar-refractivity contribution in [1.82, 2.24) is 15.2 Å². The van der Waals surface area contributed by atoms with Crippen LogP contribution in [-0.2, 0) is 16.0 Å². The van der Waals surface area contributed by atoms with E-state index in [0.717, 1.165) is 12.3 Å². The van der Waals surface area contributed by atoms with E-state index in [0.29, 0.717) is 12.1 Å². The predicted molar refractivity (Wildman–Crippen MR) is 59.9 cm³/mol. The molecule has 108 valence electrons. The van der Waals surface area contributed by atoms with E-state index in [2.05, 4.69) is 15.2 Å². The van der Waals surface area contributed by atoms with Gasteiger partial charge in [-0.1, -0.05) is 0 Å². The normalized spacial score (nSPS) is 12.7. The van der Waals surface area contributed by atoms with Crippen molar-refractivity contribution in [2.45, 2.75) is 11.3 Å². The first-order chi connectivity index (χ1) is 9.07. The number of nitrogens with zero attached hydrogens (tertiary/aromatic N) is 2. The Kier molecular flexibility index (Phi) is 3.28. The number of hydrogen-bond acceptors (Lipinski definition) is 4. The van der Waals surface area contributed by atoms with Crippen LogP contribution in [0.15, 0.2) is 23.4 Å². The molecule has 0 radical (unpaired) electrons. The Hall–Kier alpha value is -1.97. The summed E-state index contributed by atoms with van der Waals surface area (Å²) < 4.78 is 73.2. The average Bonchev–Trinajstić information content (AvgIpc) is 2.75. The molecule has 1 N–H and O–H groups in total. The molecule has 0 aliphatic rings. The minimum absolute atomic E-state index is 0.275. The standard InChI is InChI=1S/C10H7F4N3O2S/c1-20(18,19)9-15-8(16-17-9)5-2-6(10(12,13)14)4-7(11)3-5/h2-4H,1H3,(H,15,16,17). The van der Waals surface area contributed by atoms with Crippen molar-refractivity contribution in [1.29, 1.82) is 0 Å². The van der Waals surface area contributed by atoms with Crippen LogP contribution in [0.1, 0.15) is 5.56 Å². The molecule has 0 fully saturated rings. The van der Waals surface area contributed by atoms with Gasteiger partial charge in [0.2, 0.25) is 15.0 Å². The average molecular weight is 309 g/mol. The fourth-order valence-corrected chi connectivity index (χ4v) is 1.89. The van der Waals surface area contributed by atoms with Crippen LogP contribution >= 0.6 is 0 Å². The van der Waals surface area contributed by atoms with Gasteiger partial charge in [0, 0.05) is 11.8 Å². The third-order valence-electron chi connectivity index (χ3n) is 2.30. The zero-order chi connectivity index (χ0) is 15.1. The lowest BCUT2D eigenvalue weighted by molar-refractivity contribution is -0.137. The Morgan fingerprint density at radius 1 is 1.20 bits per heavy atom. The van der Waals surface area contributed by atoms with Crippen molar-refractivity contribution in [2.24, 2.45) is 0 Å². The number of hydrogen-bond donors (Lipinski definition) is 1. The van der Waals surface area contributed by atoms with Gasteiger partial charge in [0.25, 0.3) is 0 Å². The molecule has 2 aromatic rings. The molecular weight excluding hydrogens is 302 g/mol. The highest BCUT2D eigenvalue weighted by atomic mass is 32.2. The molecule has 0 bridgehead atoms. The zero-order valence-corrected chi connectivity index (χ0v) is 10.7. The van der Waals surface area contributed by atoms with Crippen molar-refractivity contribution in [3.63, 3.8) is 0 Å². The van der Waals surface area contributed by atoms with Crippen LogP contribution in [0.3, 0.4) is 0 Å². The molecule has 0 amide bonds. The smallest absolute Gasteiger partial charge is 0.249 e. The summed E-state index contributed by atoms with van der Waals surface area (Å²) in [7, 11) is -3.68. The van der Waals surface area contributed by atoms with E-state index in [1.54, 1.807) is 0 Å². The van der Waals surface area contributed by atoms with Gasteiger partial charge < -0.3 is 0 Å². The maximum absolute atomic E-state index is 13.2. The number of aromatic nitrogens is 3. The minimum Gasteiger partial charge on any atom is -0.249 e. The fraction of sp³-hybridized carbons (Fsp3) is 0.200. The van der Waals surface area contributed by atoms with Gasteiger partial charge in [0.05, 0.1) is 5.56 Å². The molecule has 0 saturated heterocycles. The molecule has 1 heterocycles. The lowest BCUT2D eigenvalue weighted by Gasteiger charge is -2.07. The van der Waals surface area contributed by atoms with Crippen LogP contribution in [-0.4, -0.2) is 29.9 Å². The second-order valence-electron chi connectivity index (χ2n) is 3.96. The van der Waals surface area contributed by atoms with Crippen LogP contribution < -0.4 is 0 Å². The lowest BCUT2D eigenvalue weighted by atomic mass is 10.1. The van der Waals surface area contributed by atoms with E-state index >= 15 is 0 Å². The summed E-state index contributed by atoms with van der Waals surface area (Å²) >= 11 is 0. The largest absolute Gasteiger partial charge is 0.416 e. The van der Waals surface area contributed by atoms with E-state index in [4.69, 9.17) is 0 Å². The van der Waals surface area contributed by atoms with E-state index in [1.807, 2.05) is 0 Å². The van der Waals surface area contributed by atoms with Gasteiger partial charge in [-0.05, 0) is 18.2 Å². The van der Waals surface area contributed by atoms with Crippen LogP contribution in [0.4, 0.5) is 17.6 Å². The number of benzene rings is 1. The van der Waals surface area contributed by atoms with Gasteiger partial charge in [0.1, 0.15) is 5.82 Å². The number of halogens is 4. The molecule has 1 aromatic heterocycles. The molecule has 10 heteroatoms. The van der Waals surface area contributed by atoms with Gasteiger partial charge in [0.15, 0.2) is 5.82 Å².